The fourth-order valence-corrected chi connectivity index (χ4v) is 3.46. The Morgan fingerprint density at radius 1 is 1.12 bits per heavy atom. The summed E-state index contributed by atoms with van der Waals surface area (Å²) in [6.07, 6.45) is -1.73. The van der Waals surface area contributed by atoms with E-state index in [4.69, 9.17) is 0 Å². The number of aliphatic hydroxyl groups is 1. The molecule has 0 bridgehead atoms. The van der Waals surface area contributed by atoms with Crippen LogP contribution in [0.4, 0.5) is 4.79 Å². The summed E-state index contributed by atoms with van der Waals surface area (Å²) in [4.78, 5) is 13.0. The van der Waals surface area contributed by atoms with Crippen LogP contribution in [0.15, 0.2) is 48.5 Å². The monoisotopic (exact) mass is 326 g/mol. The second-order valence-corrected chi connectivity index (χ2v) is 6.13. The first-order valence-corrected chi connectivity index (χ1v) is 8.10. The number of carboxylic acid groups (broad SMARTS) is 1. The Labute approximate surface area is 141 Å². The molecule has 1 atom stereocenters. The topological polar surface area (TPSA) is 72.8 Å². The highest BCUT2D eigenvalue weighted by Crippen LogP contribution is 2.44. The molecule has 3 N–H and O–H groups in total. The summed E-state index contributed by atoms with van der Waals surface area (Å²) < 4.78 is 0. The lowest BCUT2D eigenvalue weighted by Crippen LogP contribution is -2.42. The third kappa shape index (κ3) is 3.13. The molecule has 1 aliphatic carbocycles. The Balaban J connectivity index is 1.89. The van der Waals surface area contributed by atoms with Gasteiger partial charge in [-0.2, -0.15) is 0 Å². The van der Waals surface area contributed by atoms with Gasteiger partial charge in [-0.1, -0.05) is 48.5 Å². The van der Waals surface area contributed by atoms with Gasteiger partial charge < -0.3 is 20.4 Å². The van der Waals surface area contributed by atoms with E-state index >= 15 is 0 Å². The number of carbonyl (C=O) groups is 1. The number of rotatable bonds is 6. The Morgan fingerprint density at radius 3 is 2.17 bits per heavy atom. The molecule has 0 spiro atoms. The Hall–Kier alpha value is -2.37. The normalized spacial score (nSPS) is 14.1. The minimum absolute atomic E-state index is 0.00437. The van der Waals surface area contributed by atoms with Crippen molar-refractivity contribution in [3.63, 3.8) is 0 Å². The lowest BCUT2D eigenvalue weighted by molar-refractivity contribution is 0.0957. The number of hydrogen-bond acceptors (Lipinski definition) is 3. The molecular weight excluding hydrogens is 304 g/mol. The van der Waals surface area contributed by atoms with E-state index in [-0.39, 0.29) is 12.5 Å². The third-order valence-corrected chi connectivity index (χ3v) is 4.51. The van der Waals surface area contributed by atoms with Gasteiger partial charge in [-0.3, -0.25) is 0 Å². The summed E-state index contributed by atoms with van der Waals surface area (Å²) in [7, 11) is 1.73. The Bertz CT molecular complexity index is 687. The predicted octanol–water partition coefficient (Wildman–Crippen LogP) is 2.36. The molecule has 1 unspecified atom stereocenters. The summed E-state index contributed by atoms with van der Waals surface area (Å²) in [5.41, 5.74) is 4.62. The second-order valence-electron chi connectivity index (χ2n) is 6.13. The molecule has 0 saturated carbocycles. The van der Waals surface area contributed by atoms with Crippen LogP contribution < -0.4 is 5.32 Å². The van der Waals surface area contributed by atoms with Crippen LogP contribution >= 0.6 is 0 Å². The van der Waals surface area contributed by atoms with Crippen molar-refractivity contribution in [1.82, 2.24) is 10.2 Å². The molecule has 2 aromatic rings. The van der Waals surface area contributed by atoms with Gasteiger partial charge in [0.1, 0.15) is 0 Å². The maximum Gasteiger partial charge on any atom is 0.407 e. The standard InChI is InChI=1S/C19H22N2O3/c1-20-10-13(22)11-21(19(23)24)12-18-16-8-4-2-6-14(16)15-7-3-5-9-17(15)18/h2-9,13,18,20,22H,10-12H2,1H3,(H,23,24). The molecule has 24 heavy (non-hydrogen) atoms. The van der Waals surface area contributed by atoms with E-state index in [0.29, 0.717) is 13.1 Å². The highest BCUT2D eigenvalue weighted by Gasteiger charge is 2.31. The van der Waals surface area contributed by atoms with E-state index in [2.05, 4.69) is 29.6 Å². The van der Waals surface area contributed by atoms with Crippen molar-refractivity contribution in [3.05, 3.63) is 59.7 Å². The minimum Gasteiger partial charge on any atom is -0.465 e. The van der Waals surface area contributed by atoms with Gasteiger partial charge in [0.2, 0.25) is 0 Å². The number of amides is 1. The summed E-state index contributed by atoms with van der Waals surface area (Å²) in [5.74, 6) is -0.00437. The van der Waals surface area contributed by atoms with Gasteiger partial charge in [-0.15, -0.1) is 0 Å². The lowest BCUT2D eigenvalue weighted by Gasteiger charge is -2.26. The fourth-order valence-electron chi connectivity index (χ4n) is 3.46. The number of fused-ring (bicyclic) bond motifs is 3. The number of hydrogen-bond donors (Lipinski definition) is 3. The van der Waals surface area contributed by atoms with Crippen molar-refractivity contribution in [3.8, 4) is 11.1 Å². The molecule has 1 aliphatic rings. The maximum absolute atomic E-state index is 11.6. The number of aliphatic hydroxyl groups excluding tert-OH is 1. The van der Waals surface area contributed by atoms with E-state index in [1.807, 2.05) is 24.3 Å². The van der Waals surface area contributed by atoms with Crippen molar-refractivity contribution < 1.29 is 15.0 Å². The second kappa shape index (κ2) is 7.03. The smallest absolute Gasteiger partial charge is 0.407 e. The zero-order valence-electron chi connectivity index (χ0n) is 13.6. The molecule has 0 aliphatic heterocycles. The quantitative estimate of drug-likeness (QED) is 0.762. The Kier molecular flexibility index (Phi) is 4.83. The molecule has 2 aromatic carbocycles. The van der Waals surface area contributed by atoms with Crippen LogP contribution in [-0.4, -0.2) is 54.0 Å². The summed E-state index contributed by atoms with van der Waals surface area (Å²) >= 11 is 0. The molecule has 3 rings (SSSR count). The molecule has 0 saturated heterocycles. The van der Waals surface area contributed by atoms with Crippen LogP contribution in [0.2, 0.25) is 0 Å². The van der Waals surface area contributed by atoms with Crippen LogP contribution in [0.1, 0.15) is 17.0 Å². The van der Waals surface area contributed by atoms with E-state index in [1.54, 1.807) is 7.05 Å². The zero-order chi connectivity index (χ0) is 17.1. The van der Waals surface area contributed by atoms with Crippen molar-refractivity contribution in [2.75, 3.05) is 26.7 Å². The molecule has 1 amide bonds. The van der Waals surface area contributed by atoms with Gasteiger partial charge in [0.05, 0.1) is 12.6 Å². The van der Waals surface area contributed by atoms with Crippen LogP contribution in [0, 0.1) is 0 Å². The van der Waals surface area contributed by atoms with Gasteiger partial charge >= 0.3 is 6.09 Å². The molecule has 0 fully saturated rings. The SMILES string of the molecule is CNCC(O)CN(CC1c2ccccc2-c2ccccc21)C(=O)O. The van der Waals surface area contributed by atoms with Crippen LogP contribution in [0.5, 0.6) is 0 Å². The zero-order valence-corrected chi connectivity index (χ0v) is 13.6. The first kappa shape index (κ1) is 16.5. The van der Waals surface area contributed by atoms with E-state index in [9.17, 15) is 15.0 Å². The van der Waals surface area contributed by atoms with E-state index in [0.717, 1.165) is 11.1 Å². The van der Waals surface area contributed by atoms with Crippen LogP contribution in [0.25, 0.3) is 11.1 Å². The average Bonchev–Trinajstić information content (AvgIpc) is 2.89. The van der Waals surface area contributed by atoms with Gasteiger partial charge in [0.25, 0.3) is 0 Å². The number of nitrogens with zero attached hydrogens (tertiary/aromatic N) is 1. The lowest BCUT2D eigenvalue weighted by atomic mass is 9.96. The Morgan fingerprint density at radius 2 is 1.67 bits per heavy atom. The summed E-state index contributed by atoms with van der Waals surface area (Å²) in [6, 6.07) is 16.3. The highest BCUT2D eigenvalue weighted by atomic mass is 16.4. The molecule has 0 heterocycles. The first-order chi connectivity index (χ1) is 11.6. The van der Waals surface area contributed by atoms with Gasteiger partial charge in [-0.25, -0.2) is 4.79 Å². The average molecular weight is 326 g/mol. The summed E-state index contributed by atoms with van der Waals surface area (Å²) in [6.45, 7) is 0.794. The fraction of sp³-hybridized carbons (Fsp3) is 0.316. The number of likely N-dealkylation sites (N-methyl/N-ethyl adjacent to an activating group) is 1. The van der Waals surface area contributed by atoms with Crippen molar-refractivity contribution in [1.29, 1.82) is 0 Å². The van der Waals surface area contributed by atoms with E-state index in [1.165, 1.54) is 16.0 Å². The van der Waals surface area contributed by atoms with Crippen molar-refractivity contribution >= 4 is 6.09 Å². The first-order valence-electron chi connectivity index (χ1n) is 8.10. The molecule has 0 aromatic heterocycles. The molecule has 0 radical (unpaired) electrons. The summed E-state index contributed by atoms with van der Waals surface area (Å²) in [5, 5.41) is 22.4. The van der Waals surface area contributed by atoms with Crippen LogP contribution in [-0.2, 0) is 0 Å². The molecule has 5 nitrogen and oxygen atoms in total. The molecule has 5 heteroatoms. The van der Waals surface area contributed by atoms with Crippen molar-refractivity contribution in [2.45, 2.75) is 12.0 Å². The van der Waals surface area contributed by atoms with Crippen molar-refractivity contribution in [2.24, 2.45) is 0 Å². The predicted molar refractivity (Wildman–Crippen MR) is 93.3 cm³/mol. The van der Waals surface area contributed by atoms with Gasteiger partial charge in [0, 0.05) is 19.0 Å². The number of benzene rings is 2. The minimum atomic E-state index is -1.01. The molecule has 126 valence electrons. The van der Waals surface area contributed by atoms with Crippen LogP contribution in [0.3, 0.4) is 0 Å². The maximum atomic E-state index is 11.6. The van der Waals surface area contributed by atoms with E-state index < -0.39 is 12.2 Å². The largest absolute Gasteiger partial charge is 0.465 e. The third-order valence-electron chi connectivity index (χ3n) is 4.51. The highest BCUT2D eigenvalue weighted by molar-refractivity contribution is 5.79. The molecular formula is C19H22N2O3. The van der Waals surface area contributed by atoms with Gasteiger partial charge in [-0.05, 0) is 29.3 Å². The van der Waals surface area contributed by atoms with Gasteiger partial charge in [0.15, 0.2) is 0 Å². The number of nitrogens with one attached hydrogen (secondary N) is 1.